The summed E-state index contributed by atoms with van der Waals surface area (Å²) in [6.07, 6.45) is 2.64. The van der Waals surface area contributed by atoms with Crippen LogP contribution < -0.4 is 10.6 Å². The minimum Gasteiger partial charge on any atom is -0.397 e. The van der Waals surface area contributed by atoms with Gasteiger partial charge in [-0.2, -0.15) is 0 Å². The number of benzene rings is 1. The lowest BCUT2D eigenvalue weighted by Gasteiger charge is -2.24. The van der Waals surface area contributed by atoms with E-state index in [9.17, 15) is 0 Å². The molecule has 1 saturated heterocycles. The van der Waals surface area contributed by atoms with Crippen molar-refractivity contribution in [3.8, 4) is 0 Å². The predicted molar refractivity (Wildman–Crippen MR) is 79.8 cm³/mol. The first-order chi connectivity index (χ1) is 8.58. The SMILES string of the molecule is CN(CCN1CCCC1)c1cc(Cl)c(Cl)cc1N. The van der Waals surface area contributed by atoms with E-state index >= 15 is 0 Å². The third kappa shape index (κ3) is 3.22. The van der Waals surface area contributed by atoms with Crippen LogP contribution in [0.5, 0.6) is 0 Å². The highest BCUT2D eigenvalue weighted by Crippen LogP contribution is 2.32. The van der Waals surface area contributed by atoms with Crippen molar-refractivity contribution in [2.24, 2.45) is 0 Å². The van der Waals surface area contributed by atoms with Gasteiger partial charge in [0.05, 0.1) is 21.4 Å². The van der Waals surface area contributed by atoms with Crippen molar-refractivity contribution in [1.29, 1.82) is 0 Å². The minimum atomic E-state index is 0.505. The van der Waals surface area contributed by atoms with Crippen LogP contribution in [0.2, 0.25) is 10.0 Å². The lowest BCUT2D eigenvalue weighted by Crippen LogP contribution is -2.31. The van der Waals surface area contributed by atoms with Crippen molar-refractivity contribution < 1.29 is 0 Å². The highest BCUT2D eigenvalue weighted by molar-refractivity contribution is 6.42. The molecule has 0 spiro atoms. The first kappa shape index (κ1) is 13.8. The molecule has 1 fully saturated rings. The van der Waals surface area contributed by atoms with Gasteiger partial charge in [-0.1, -0.05) is 23.2 Å². The first-order valence-electron chi connectivity index (χ1n) is 6.26. The molecule has 5 heteroatoms. The van der Waals surface area contributed by atoms with Crippen molar-refractivity contribution in [1.82, 2.24) is 4.90 Å². The van der Waals surface area contributed by atoms with Crippen LogP contribution in [-0.2, 0) is 0 Å². The van der Waals surface area contributed by atoms with Crippen molar-refractivity contribution in [3.63, 3.8) is 0 Å². The van der Waals surface area contributed by atoms with E-state index in [1.54, 1.807) is 6.07 Å². The Morgan fingerprint density at radius 2 is 1.83 bits per heavy atom. The molecular weight excluding hydrogens is 269 g/mol. The number of nitrogen functional groups attached to an aromatic ring is 1. The van der Waals surface area contributed by atoms with E-state index in [4.69, 9.17) is 28.9 Å². The van der Waals surface area contributed by atoms with Crippen LogP contribution in [0.25, 0.3) is 0 Å². The molecule has 0 amide bonds. The molecule has 3 nitrogen and oxygen atoms in total. The van der Waals surface area contributed by atoms with E-state index in [1.165, 1.54) is 25.9 Å². The standard InChI is InChI=1S/C13H19Cl2N3/c1-17(6-7-18-4-2-3-5-18)13-9-11(15)10(14)8-12(13)16/h8-9H,2-7,16H2,1H3. The number of likely N-dealkylation sites (tertiary alicyclic amines) is 1. The zero-order valence-electron chi connectivity index (χ0n) is 10.6. The monoisotopic (exact) mass is 287 g/mol. The summed E-state index contributed by atoms with van der Waals surface area (Å²) >= 11 is 12.0. The van der Waals surface area contributed by atoms with Crippen LogP contribution in [0, 0.1) is 0 Å². The van der Waals surface area contributed by atoms with E-state index in [-0.39, 0.29) is 0 Å². The van der Waals surface area contributed by atoms with E-state index in [1.807, 2.05) is 13.1 Å². The fourth-order valence-corrected chi connectivity index (χ4v) is 2.63. The molecule has 0 radical (unpaired) electrons. The maximum Gasteiger partial charge on any atom is 0.0614 e. The summed E-state index contributed by atoms with van der Waals surface area (Å²) in [7, 11) is 2.03. The Labute approximate surface area is 118 Å². The van der Waals surface area contributed by atoms with E-state index < -0.39 is 0 Å². The van der Waals surface area contributed by atoms with Crippen LogP contribution in [0.4, 0.5) is 11.4 Å². The van der Waals surface area contributed by atoms with Crippen LogP contribution in [0.3, 0.4) is 0 Å². The summed E-state index contributed by atoms with van der Waals surface area (Å²) in [6.45, 7) is 4.44. The van der Waals surface area contributed by atoms with Crippen molar-refractivity contribution in [3.05, 3.63) is 22.2 Å². The van der Waals surface area contributed by atoms with Crippen LogP contribution >= 0.6 is 23.2 Å². The number of rotatable bonds is 4. The average Bonchev–Trinajstić information content (AvgIpc) is 2.84. The van der Waals surface area contributed by atoms with Gasteiger partial charge in [0.2, 0.25) is 0 Å². The molecule has 0 bridgehead atoms. The highest BCUT2D eigenvalue weighted by Gasteiger charge is 2.13. The maximum atomic E-state index is 6.03. The summed E-state index contributed by atoms with van der Waals surface area (Å²) in [6, 6.07) is 3.55. The maximum absolute atomic E-state index is 6.03. The lowest BCUT2D eigenvalue weighted by molar-refractivity contribution is 0.347. The molecule has 0 atom stereocenters. The molecule has 0 unspecified atom stereocenters. The van der Waals surface area contributed by atoms with Gasteiger partial charge in [0.15, 0.2) is 0 Å². The number of halogens is 2. The van der Waals surface area contributed by atoms with Gasteiger partial charge in [-0.3, -0.25) is 0 Å². The Morgan fingerprint density at radius 1 is 1.22 bits per heavy atom. The summed E-state index contributed by atoms with van der Waals surface area (Å²) < 4.78 is 0. The van der Waals surface area contributed by atoms with Crippen molar-refractivity contribution in [2.75, 3.05) is 43.9 Å². The van der Waals surface area contributed by atoms with Gasteiger partial charge in [0.25, 0.3) is 0 Å². The Balaban J connectivity index is 1.99. The molecule has 2 N–H and O–H groups in total. The average molecular weight is 288 g/mol. The molecule has 0 aliphatic carbocycles. The van der Waals surface area contributed by atoms with Gasteiger partial charge in [0.1, 0.15) is 0 Å². The number of likely N-dealkylation sites (N-methyl/N-ethyl adjacent to an activating group) is 1. The number of nitrogens with two attached hydrogens (primary N) is 1. The highest BCUT2D eigenvalue weighted by atomic mass is 35.5. The van der Waals surface area contributed by atoms with E-state index in [0.29, 0.717) is 15.7 Å². The molecule has 1 heterocycles. The van der Waals surface area contributed by atoms with Crippen LogP contribution in [-0.4, -0.2) is 38.1 Å². The molecule has 1 aromatic rings. The quantitative estimate of drug-likeness (QED) is 0.864. The molecule has 0 aromatic heterocycles. The fraction of sp³-hybridized carbons (Fsp3) is 0.538. The molecular formula is C13H19Cl2N3. The van der Waals surface area contributed by atoms with Gasteiger partial charge >= 0.3 is 0 Å². The summed E-state index contributed by atoms with van der Waals surface area (Å²) in [5.41, 5.74) is 7.60. The fourth-order valence-electron chi connectivity index (χ4n) is 2.30. The molecule has 1 aliphatic rings. The third-order valence-electron chi connectivity index (χ3n) is 3.43. The topological polar surface area (TPSA) is 32.5 Å². The number of hydrogen-bond donors (Lipinski definition) is 1. The normalized spacial score (nSPS) is 16.2. The second kappa shape index (κ2) is 6.00. The zero-order valence-corrected chi connectivity index (χ0v) is 12.1. The molecule has 100 valence electrons. The van der Waals surface area contributed by atoms with Gasteiger partial charge in [-0.15, -0.1) is 0 Å². The summed E-state index contributed by atoms with van der Waals surface area (Å²) in [5, 5.41) is 1.06. The first-order valence-corrected chi connectivity index (χ1v) is 7.01. The summed E-state index contributed by atoms with van der Waals surface area (Å²) in [5.74, 6) is 0. The smallest absolute Gasteiger partial charge is 0.0614 e. The van der Waals surface area contributed by atoms with Crippen LogP contribution in [0.15, 0.2) is 12.1 Å². The van der Waals surface area contributed by atoms with Gasteiger partial charge < -0.3 is 15.5 Å². The van der Waals surface area contributed by atoms with Gasteiger partial charge in [-0.25, -0.2) is 0 Å². The summed E-state index contributed by atoms with van der Waals surface area (Å²) in [4.78, 5) is 4.61. The number of nitrogens with zero attached hydrogens (tertiary/aromatic N) is 2. The largest absolute Gasteiger partial charge is 0.397 e. The second-order valence-electron chi connectivity index (χ2n) is 4.80. The van der Waals surface area contributed by atoms with Crippen molar-refractivity contribution >= 4 is 34.6 Å². The number of hydrogen-bond acceptors (Lipinski definition) is 3. The third-order valence-corrected chi connectivity index (χ3v) is 4.15. The Bertz CT molecular complexity index is 417. The molecule has 0 saturated carbocycles. The molecule has 18 heavy (non-hydrogen) atoms. The Morgan fingerprint density at radius 3 is 2.50 bits per heavy atom. The van der Waals surface area contributed by atoms with E-state index in [0.717, 1.165) is 18.8 Å². The van der Waals surface area contributed by atoms with Crippen LogP contribution in [0.1, 0.15) is 12.8 Å². The Hall–Kier alpha value is -0.640. The number of anilines is 2. The predicted octanol–water partition coefficient (Wildman–Crippen LogP) is 3.11. The Kier molecular flexibility index (Phi) is 4.60. The van der Waals surface area contributed by atoms with E-state index in [2.05, 4.69) is 9.80 Å². The molecule has 1 aliphatic heterocycles. The van der Waals surface area contributed by atoms with Gasteiger partial charge in [0, 0.05) is 20.1 Å². The van der Waals surface area contributed by atoms with Gasteiger partial charge in [-0.05, 0) is 38.1 Å². The second-order valence-corrected chi connectivity index (χ2v) is 5.61. The molecule has 2 rings (SSSR count). The van der Waals surface area contributed by atoms with Crippen molar-refractivity contribution in [2.45, 2.75) is 12.8 Å². The lowest BCUT2D eigenvalue weighted by atomic mass is 10.2. The molecule has 1 aromatic carbocycles. The zero-order chi connectivity index (χ0) is 13.1. The minimum absolute atomic E-state index is 0.505.